The van der Waals surface area contributed by atoms with Crippen molar-refractivity contribution >= 4 is 17.9 Å². The molecule has 0 atom stereocenters. The van der Waals surface area contributed by atoms with E-state index < -0.39 is 17.9 Å². The van der Waals surface area contributed by atoms with E-state index in [9.17, 15) is 14.4 Å². The topological polar surface area (TPSA) is 101 Å². The first kappa shape index (κ1) is 16.2. The summed E-state index contributed by atoms with van der Waals surface area (Å²) in [5.41, 5.74) is 0.361. The van der Waals surface area contributed by atoms with Gasteiger partial charge in [0.05, 0.1) is 16.7 Å². The summed E-state index contributed by atoms with van der Waals surface area (Å²) in [6.07, 6.45) is 0.531. The van der Waals surface area contributed by atoms with Crippen LogP contribution in [-0.2, 0) is 6.42 Å². The van der Waals surface area contributed by atoms with Crippen LogP contribution in [0.5, 0.6) is 5.75 Å². The average molecular weight is 314 g/mol. The smallest absolute Gasteiger partial charge is 0.344 e. The normalized spacial score (nSPS) is 10.1. The fraction of sp³-hybridized carbons (Fsp3) is 0.118. The summed E-state index contributed by atoms with van der Waals surface area (Å²) in [6.45, 7) is 1.83. The summed E-state index contributed by atoms with van der Waals surface area (Å²) in [4.78, 5) is 34.4. The maximum atomic E-state index is 12.3. The van der Waals surface area contributed by atoms with Crippen LogP contribution < -0.4 is 4.74 Å². The van der Waals surface area contributed by atoms with Gasteiger partial charge in [-0.25, -0.2) is 14.4 Å². The van der Waals surface area contributed by atoms with Gasteiger partial charge < -0.3 is 14.9 Å². The van der Waals surface area contributed by atoms with Crippen molar-refractivity contribution in [3.63, 3.8) is 0 Å². The molecule has 0 fully saturated rings. The first-order valence-electron chi connectivity index (χ1n) is 6.84. The lowest BCUT2D eigenvalue weighted by Crippen LogP contribution is -2.15. The van der Waals surface area contributed by atoms with Crippen LogP contribution in [0.4, 0.5) is 0 Å². The maximum Gasteiger partial charge on any atom is 0.344 e. The molecule has 2 N–H and O–H groups in total. The molecule has 0 saturated heterocycles. The SMILES string of the molecule is CCc1ccc(C(=O)O)cc1OC(=O)c1ccccc1C(=O)O. The minimum Gasteiger partial charge on any atom is -0.478 e. The van der Waals surface area contributed by atoms with Gasteiger partial charge in [0.1, 0.15) is 5.75 Å². The van der Waals surface area contributed by atoms with Gasteiger partial charge in [0.2, 0.25) is 0 Å². The first-order chi connectivity index (χ1) is 10.9. The van der Waals surface area contributed by atoms with E-state index in [-0.39, 0.29) is 22.4 Å². The Morgan fingerprint density at radius 2 is 1.61 bits per heavy atom. The zero-order chi connectivity index (χ0) is 17.0. The third-order valence-electron chi connectivity index (χ3n) is 3.28. The van der Waals surface area contributed by atoms with E-state index in [0.717, 1.165) is 0 Å². The largest absolute Gasteiger partial charge is 0.478 e. The Labute approximate surface area is 131 Å². The van der Waals surface area contributed by atoms with Crippen LogP contribution in [0.15, 0.2) is 42.5 Å². The third kappa shape index (κ3) is 3.55. The van der Waals surface area contributed by atoms with E-state index in [1.165, 1.54) is 36.4 Å². The molecular weight excluding hydrogens is 300 g/mol. The summed E-state index contributed by atoms with van der Waals surface area (Å²) >= 11 is 0. The van der Waals surface area contributed by atoms with Gasteiger partial charge in [-0.15, -0.1) is 0 Å². The predicted octanol–water partition coefficient (Wildman–Crippen LogP) is 2.86. The molecule has 6 nitrogen and oxygen atoms in total. The number of rotatable bonds is 5. The van der Waals surface area contributed by atoms with Crippen molar-refractivity contribution in [2.45, 2.75) is 13.3 Å². The second-order valence-corrected chi connectivity index (χ2v) is 4.72. The Morgan fingerprint density at radius 1 is 0.957 bits per heavy atom. The van der Waals surface area contributed by atoms with E-state index in [1.54, 1.807) is 6.07 Å². The zero-order valence-corrected chi connectivity index (χ0v) is 12.3. The quantitative estimate of drug-likeness (QED) is 0.650. The zero-order valence-electron chi connectivity index (χ0n) is 12.3. The number of hydrogen-bond donors (Lipinski definition) is 2. The highest BCUT2D eigenvalue weighted by molar-refractivity contribution is 6.03. The summed E-state index contributed by atoms with van der Waals surface area (Å²) < 4.78 is 5.24. The molecule has 23 heavy (non-hydrogen) atoms. The molecule has 2 aromatic rings. The van der Waals surface area contributed by atoms with Crippen molar-refractivity contribution in [3.05, 3.63) is 64.7 Å². The van der Waals surface area contributed by atoms with E-state index in [4.69, 9.17) is 14.9 Å². The monoisotopic (exact) mass is 314 g/mol. The second-order valence-electron chi connectivity index (χ2n) is 4.72. The lowest BCUT2D eigenvalue weighted by atomic mass is 10.1. The molecule has 0 bridgehead atoms. The van der Waals surface area contributed by atoms with Crippen LogP contribution in [0.25, 0.3) is 0 Å². The van der Waals surface area contributed by atoms with Gasteiger partial charge in [0.25, 0.3) is 0 Å². The van der Waals surface area contributed by atoms with E-state index >= 15 is 0 Å². The van der Waals surface area contributed by atoms with E-state index in [0.29, 0.717) is 12.0 Å². The van der Waals surface area contributed by atoms with Gasteiger partial charge in [0, 0.05) is 0 Å². The van der Waals surface area contributed by atoms with Gasteiger partial charge in [-0.3, -0.25) is 0 Å². The lowest BCUT2D eigenvalue weighted by molar-refractivity contribution is 0.0667. The Kier molecular flexibility index (Phi) is 4.75. The van der Waals surface area contributed by atoms with Gasteiger partial charge in [-0.1, -0.05) is 25.1 Å². The molecule has 0 heterocycles. The molecule has 0 unspecified atom stereocenters. The van der Waals surface area contributed by atoms with Crippen molar-refractivity contribution < 1.29 is 29.3 Å². The molecule has 0 aromatic heterocycles. The number of esters is 1. The number of aryl methyl sites for hydroxylation is 1. The lowest BCUT2D eigenvalue weighted by Gasteiger charge is -2.11. The van der Waals surface area contributed by atoms with Crippen molar-refractivity contribution in [1.29, 1.82) is 0 Å². The maximum absolute atomic E-state index is 12.3. The van der Waals surface area contributed by atoms with E-state index in [2.05, 4.69) is 0 Å². The Bertz CT molecular complexity index is 778. The minimum absolute atomic E-state index is 0.0171. The van der Waals surface area contributed by atoms with Gasteiger partial charge in [0.15, 0.2) is 0 Å². The average Bonchev–Trinajstić information content (AvgIpc) is 2.54. The highest BCUT2D eigenvalue weighted by Crippen LogP contribution is 2.23. The molecule has 0 amide bonds. The number of carboxylic acid groups (broad SMARTS) is 2. The molecular formula is C17H14O6. The number of hydrogen-bond acceptors (Lipinski definition) is 4. The van der Waals surface area contributed by atoms with Gasteiger partial charge >= 0.3 is 17.9 Å². The van der Waals surface area contributed by atoms with Crippen molar-refractivity contribution in [2.24, 2.45) is 0 Å². The van der Waals surface area contributed by atoms with Crippen molar-refractivity contribution in [3.8, 4) is 5.75 Å². The molecule has 0 saturated carbocycles. The molecule has 0 aliphatic heterocycles. The number of ether oxygens (including phenoxy) is 1. The van der Waals surface area contributed by atoms with Crippen molar-refractivity contribution in [1.82, 2.24) is 0 Å². The molecule has 0 aliphatic rings. The number of carbonyl (C=O) groups is 3. The van der Waals surface area contributed by atoms with Crippen LogP contribution in [-0.4, -0.2) is 28.1 Å². The summed E-state index contributed by atoms with van der Waals surface area (Å²) in [6, 6.07) is 9.91. The van der Waals surface area contributed by atoms with Crippen LogP contribution in [0.3, 0.4) is 0 Å². The Balaban J connectivity index is 2.39. The fourth-order valence-corrected chi connectivity index (χ4v) is 2.08. The molecule has 118 valence electrons. The van der Waals surface area contributed by atoms with Crippen LogP contribution in [0.2, 0.25) is 0 Å². The fourth-order valence-electron chi connectivity index (χ4n) is 2.08. The second kappa shape index (κ2) is 6.74. The number of carbonyl (C=O) groups excluding carboxylic acids is 1. The number of aromatic carboxylic acids is 2. The first-order valence-corrected chi connectivity index (χ1v) is 6.84. The Morgan fingerprint density at radius 3 is 2.17 bits per heavy atom. The summed E-state index contributed by atoms with van der Waals surface area (Å²) in [5, 5.41) is 18.1. The summed E-state index contributed by atoms with van der Waals surface area (Å²) in [5.74, 6) is -3.12. The number of benzene rings is 2. The van der Waals surface area contributed by atoms with Crippen LogP contribution in [0, 0.1) is 0 Å². The van der Waals surface area contributed by atoms with Crippen LogP contribution >= 0.6 is 0 Å². The molecule has 0 aliphatic carbocycles. The number of carboxylic acids is 2. The predicted molar refractivity (Wildman–Crippen MR) is 81.1 cm³/mol. The van der Waals surface area contributed by atoms with Gasteiger partial charge in [-0.2, -0.15) is 0 Å². The molecule has 2 rings (SSSR count). The molecule has 6 heteroatoms. The standard InChI is InChI=1S/C17H14O6/c1-2-10-7-8-11(15(18)19)9-14(10)23-17(22)13-6-4-3-5-12(13)16(20)21/h3-9H,2H2,1H3,(H,18,19)(H,20,21). The highest BCUT2D eigenvalue weighted by Gasteiger charge is 2.19. The van der Waals surface area contributed by atoms with Gasteiger partial charge in [-0.05, 0) is 36.2 Å². The summed E-state index contributed by atoms with van der Waals surface area (Å²) in [7, 11) is 0. The van der Waals surface area contributed by atoms with Crippen molar-refractivity contribution in [2.75, 3.05) is 0 Å². The molecule has 0 radical (unpaired) electrons. The molecule has 2 aromatic carbocycles. The minimum atomic E-state index is -1.24. The van der Waals surface area contributed by atoms with Crippen LogP contribution in [0.1, 0.15) is 43.6 Å². The van der Waals surface area contributed by atoms with E-state index in [1.807, 2.05) is 6.92 Å². The highest BCUT2D eigenvalue weighted by atomic mass is 16.5. The Hall–Kier alpha value is -3.15. The third-order valence-corrected chi connectivity index (χ3v) is 3.28. The molecule has 0 spiro atoms.